The van der Waals surface area contributed by atoms with Gasteiger partial charge in [-0.25, -0.2) is 4.98 Å². The van der Waals surface area contributed by atoms with Crippen molar-refractivity contribution >= 4 is 27.4 Å². The Kier molecular flexibility index (Phi) is 4.38. The van der Waals surface area contributed by atoms with Crippen LogP contribution < -0.4 is 10.6 Å². The van der Waals surface area contributed by atoms with Crippen molar-refractivity contribution in [3.8, 4) is 0 Å². The number of aromatic nitrogens is 1. The fraction of sp³-hybridized carbons (Fsp3) is 0.556. The molecule has 0 aliphatic heterocycles. The fourth-order valence-corrected chi connectivity index (χ4v) is 1.80. The molecule has 1 amide bonds. The van der Waals surface area contributed by atoms with Crippen LogP contribution in [0, 0.1) is 10.1 Å². The van der Waals surface area contributed by atoms with Crippen molar-refractivity contribution in [1.29, 1.82) is 0 Å². The van der Waals surface area contributed by atoms with E-state index in [0.29, 0.717) is 5.13 Å². The minimum atomic E-state index is -0.512. The summed E-state index contributed by atoms with van der Waals surface area (Å²) in [6.07, 6.45) is 1.17. The summed E-state index contributed by atoms with van der Waals surface area (Å²) in [5.74, 6) is -0.169. The molecule has 94 valence electrons. The molecule has 0 radical (unpaired) electrons. The molecule has 0 saturated heterocycles. The van der Waals surface area contributed by atoms with Gasteiger partial charge in [-0.15, -0.1) is 0 Å². The number of hydrogen-bond acceptors (Lipinski definition) is 6. The third-order valence-corrected chi connectivity index (χ3v) is 2.72. The summed E-state index contributed by atoms with van der Waals surface area (Å²) in [5.41, 5.74) is 0. The minimum Gasteiger partial charge on any atom is -0.352 e. The summed E-state index contributed by atoms with van der Waals surface area (Å²) in [6.45, 7) is 5.39. The Hall–Kier alpha value is -1.70. The van der Waals surface area contributed by atoms with Crippen LogP contribution in [0.5, 0.6) is 0 Å². The summed E-state index contributed by atoms with van der Waals surface area (Å²) < 4.78 is 0. The van der Waals surface area contributed by atoms with Gasteiger partial charge in [-0.2, -0.15) is 0 Å². The molecule has 7 nitrogen and oxygen atoms in total. The summed E-state index contributed by atoms with van der Waals surface area (Å²) in [6, 6.07) is -0.430. The van der Waals surface area contributed by atoms with Gasteiger partial charge in [0.1, 0.15) is 12.2 Å². The lowest BCUT2D eigenvalue weighted by Gasteiger charge is -2.14. The van der Waals surface area contributed by atoms with Crippen molar-refractivity contribution < 1.29 is 9.72 Å². The Morgan fingerprint density at radius 3 is 2.65 bits per heavy atom. The minimum absolute atomic E-state index is 0.0519. The Morgan fingerprint density at radius 1 is 1.53 bits per heavy atom. The van der Waals surface area contributed by atoms with Gasteiger partial charge in [0.05, 0.1) is 4.92 Å². The highest BCUT2D eigenvalue weighted by Gasteiger charge is 2.17. The number of nitrogens with one attached hydrogen (secondary N) is 2. The van der Waals surface area contributed by atoms with E-state index in [1.807, 2.05) is 13.8 Å². The maximum absolute atomic E-state index is 11.6. The predicted octanol–water partition coefficient (Wildman–Crippen LogP) is 1.38. The van der Waals surface area contributed by atoms with Crippen LogP contribution in [-0.2, 0) is 4.79 Å². The smallest absolute Gasteiger partial charge is 0.345 e. The zero-order chi connectivity index (χ0) is 13.0. The molecule has 8 heteroatoms. The first-order valence-electron chi connectivity index (χ1n) is 5.07. The van der Waals surface area contributed by atoms with Crippen molar-refractivity contribution in [2.45, 2.75) is 32.9 Å². The van der Waals surface area contributed by atoms with Gasteiger partial charge in [0.25, 0.3) is 0 Å². The van der Waals surface area contributed by atoms with Crippen molar-refractivity contribution in [1.82, 2.24) is 10.3 Å². The number of carbonyl (C=O) groups excluding carboxylic acids is 1. The van der Waals surface area contributed by atoms with Gasteiger partial charge in [-0.1, -0.05) is 0 Å². The van der Waals surface area contributed by atoms with Crippen LogP contribution >= 0.6 is 11.3 Å². The van der Waals surface area contributed by atoms with E-state index < -0.39 is 11.0 Å². The largest absolute Gasteiger partial charge is 0.352 e. The molecule has 0 fully saturated rings. The molecule has 0 spiro atoms. The second kappa shape index (κ2) is 5.58. The highest BCUT2D eigenvalue weighted by atomic mass is 32.1. The Morgan fingerprint density at radius 2 is 2.18 bits per heavy atom. The molecule has 1 heterocycles. The molecule has 17 heavy (non-hydrogen) atoms. The van der Waals surface area contributed by atoms with E-state index >= 15 is 0 Å². The molecular formula is C9H14N4O3S. The summed E-state index contributed by atoms with van der Waals surface area (Å²) in [4.78, 5) is 25.3. The zero-order valence-corrected chi connectivity index (χ0v) is 10.6. The van der Waals surface area contributed by atoms with Gasteiger partial charge in [0, 0.05) is 6.04 Å². The zero-order valence-electron chi connectivity index (χ0n) is 9.76. The topological polar surface area (TPSA) is 97.2 Å². The average molecular weight is 258 g/mol. The van der Waals surface area contributed by atoms with Gasteiger partial charge < -0.3 is 10.6 Å². The summed E-state index contributed by atoms with van der Waals surface area (Å²) >= 11 is 0.904. The summed E-state index contributed by atoms with van der Waals surface area (Å²) in [5, 5.41) is 16.3. The molecule has 1 aromatic rings. The normalized spacial score (nSPS) is 12.2. The lowest BCUT2D eigenvalue weighted by atomic mass is 10.3. The number of rotatable bonds is 5. The van der Waals surface area contributed by atoms with Crippen LogP contribution in [0.2, 0.25) is 0 Å². The van der Waals surface area contributed by atoms with Crippen LogP contribution in [0.25, 0.3) is 0 Å². The Balaban J connectivity index is 2.58. The van der Waals surface area contributed by atoms with E-state index in [-0.39, 0.29) is 17.0 Å². The molecule has 1 aromatic heterocycles. The van der Waals surface area contributed by atoms with Crippen LogP contribution in [-0.4, -0.2) is 27.9 Å². The molecular weight excluding hydrogens is 244 g/mol. The molecule has 1 rings (SSSR count). The highest BCUT2D eigenvalue weighted by molar-refractivity contribution is 7.18. The van der Waals surface area contributed by atoms with E-state index in [2.05, 4.69) is 15.6 Å². The van der Waals surface area contributed by atoms with Crippen molar-refractivity contribution in [3.05, 3.63) is 16.3 Å². The van der Waals surface area contributed by atoms with E-state index in [1.165, 1.54) is 6.20 Å². The highest BCUT2D eigenvalue weighted by Crippen LogP contribution is 2.25. The number of anilines is 1. The van der Waals surface area contributed by atoms with Crippen molar-refractivity contribution in [2.24, 2.45) is 0 Å². The van der Waals surface area contributed by atoms with E-state index in [0.717, 1.165) is 11.3 Å². The van der Waals surface area contributed by atoms with Crippen LogP contribution in [0.3, 0.4) is 0 Å². The second-order valence-corrected chi connectivity index (χ2v) is 4.80. The molecule has 0 saturated carbocycles. The monoisotopic (exact) mass is 258 g/mol. The fourth-order valence-electron chi connectivity index (χ4n) is 1.08. The van der Waals surface area contributed by atoms with Crippen molar-refractivity contribution in [3.63, 3.8) is 0 Å². The van der Waals surface area contributed by atoms with E-state index in [1.54, 1.807) is 6.92 Å². The Bertz CT molecular complexity index is 418. The standard InChI is InChI=1S/C9H14N4O3S/c1-5(2)11-8(14)6(3)12-9-10-4-7(17-9)13(15)16/h4-6H,1-3H3,(H,10,12)(H,11,14). The molecule has 0 bridgehead atoms. The molecule has 1 atom stereocenters. The number of nitrogens with zero attached hydrogens (tertiary/aromatic N) is 2. The van der Waals surface area contributed by atoms with Crippen molar-refractivity contribution in [2.75, 3.05) is 5.32 Å². The third kappa shape index (κ3) is 3.99. The van der Waals surface area contributed by atoms with Crippen LogP contribution in [0.15, 0.2) is 6.20 Å². The number of nitro groups is 1. The molecule has 0 aromatic carbocycles. The van der Waals surface area contributed by atoms with Gasteiger partial charge in [-0.3, -0.25) is 14.9 Å². The Labute approximate surface area is 102 Å². The number of hydrogen-bond donors (Lipinski definition) is 2. The molecule has 0 aliphatic rings. The average Bonchev–Trinajstić information content (AvgIpc) is 2.65. The number of carbonyl (C=O) groups is 1. The maximum atomic E-state index is 11.6. The van der Waals surface area contributed by atoms with E-state index in [9.17, 15) is 14.9 Å². The van der Waals surface area contributed by atoms with Crippen LogP contribution in [0.4, 0.5) is 10.1 Å². The first-order valence-corrected chi connectivity index (χ1v) is 5.89. The predicted molar refractivity (Wildman–Crippen MR) is 65.1 cm³/mol. The second-order valence-electron chi connectivity index (χ2n) is 3.79. The first kappa shape index (κ1) is 13.4. The first-order chi connectivity index (χ1) is 7.90. The lowest BCUT2D eigenvalue weighted by Crippen LogP contribution is -2.40. The maximum Gasteiger partial charge on any atom is 0.345 e. The molecule has 1 unspecified atom stereocenters. The third-order valence-electron chi connectivity index (χ3n) is 1.84. The molecule has 0 aliphatic carbocycles. The van der Waals surface area contributed by atoms with Gasteiger partial charge in [-0.05, 0) is 32.1 Å². The number of thiazole rings is 1. The SMILES string of the molecule is CC(C)NC(=O)C(C)Nc1ncc([N+](=O)[O-])s1. The molecule has 2 N–H and O–H groups in total. The summed E-state index contributed by atoms with van der Waals surface area (Å²) in [7, 11) is 0. The van der Waals surface area contributed by atoms with Gasteiger partial charge in [0.2, 0.25) is 5.91 Å². The quantitative estimate of drug-likeness (QED) is 0.614. The van der Waals surface area contributed by atoms with Gasteiger partial charge >= 0.3 is 5.00 Å². The number of amides is 1. The lowest BCUT2D eigenvalue weighted by molar-refractivity contribution is -0.380. The van der Waals surface area contributed by atoms with Crippen LogP contribution in [0.1, 0.15) is 20.8 Å². The van der Waals surface area contributed by atoms with Gasteiger partial charge in [0.15, 0.2) is 5.13 Å². The van der Waals surface area contributed by atoms with E-state index in [4.69, 9.17) is 0 Å².